The van der Waals surface area contributed by atoms with Crippen molar-refractivity contribution in [1.82, 2.24) is 0 Å². The maximum atomic E-state index is 5.18. The van der Waals surface area contributed by atoms with Crippen molar-refractivity contribution in [3.8, 4) is 0 Å². The number of hydrogen-bond donors (Lipinski definition) is 0. The number of hydrogen-bond acceptors (Lipinski definition) is 2. The summed E-state index contributed by atoms with van der Waals surface area (Å²) in [7, 11) is 2.38. The van der Waals surface area contributed by atoms with Crippen LogP contribution in [-0.2, 0) is 9.05 Å². The van der Waals surface area contributed by atoms with Gasteiger partial charge in [-0.3, -0.25) is 0 Å². The van der Waals surface area contributed by atoms with Crippen LogP contribution in [-0.4, -0.2) is 14.2 Å². The van der Waals surface area contributed by atoms with E-state index < -0.39 is 8.38 Å². The lowest BCUT2D eigenvalue weighted by Crippen LogP contribution is -2.04. The van der Waals surface area contributed by atoms with Crippen molar-refractivity contribution in [3.05, 3.63) is 28.7 Å². The molecule has 0 heterocycles. The smallest absolute Gasteiger partial charge is 0.205 e. The van der Waals surface area contributed by atoms with Gasteiger partial charge in [-0.15, -0.1) is 0 Å². The Hall–Kier alpha value is 0.0500. The molecule has 0 N–H and O–H groups in total. The zero-order valence-corrected chi connectivity index (χ0v) is 9.43. The third-order valence-electron chi connectivity index (χ3n) is 1.38. The van der Waals surface area contributed by atoms with E-state index in [-0.39, 0.29) is 0 Å². The summed E-state index contributed by atoms with van der Waals surface area (Å²) in [5.41, 5.74) is 0. The molecule has 0 unspecified atom stereocenters. The molecule has 2 nitrogen and oxygen atoms in total. The molecule has 1 rings (SSSR count). The summed E-state index contributed by atoms with van der Waals surface area (Å²) in [6, 6.07) is 7.89. The average molecular weight is 249 g/mol. The quantitative estimate of drug-likeness (QED) is 0.766. The van der Waals surface area contributed by atoms with E-state index in [1.54, 1.807) is 14.2 Å². The second kappa shape index (κ2) is 4.93. The third kappa shape index (κ3) is 2.27. The Morgan fingerprint density at radius 1 is 1.17 bits per heavy atom. The van der Waals surface area contributed by atoms with Crippen molar-refractivity contribution < 1.29 is 9.05 Å². The van der Waals surface area contributed by atoms with Crippen molar-refractivity contribution in [1.29, 1.82) is 0 Å². The zero-order chi connectivity index (χ0) is 8.97. The van der Waals surface area contributed by atoms with Crippen molar-refractivity contribution in [2.75, 3.05) is 14.2 Å². The molecule has 1 aromatic carbocycles. The molecular formula is C8H10BrO2P. The number of benzene rings is 1. The lowest BCUT2D eigenvalue weighted by Gasteiger charge is -2.13. The molecule has 0 spiro atoms. The molecule has 1 aromatic rings. The van der Waals surface area contributed by atoms with Gasteiger partial charge in [-0.1, -0.05) is 12.1 Å². The van der Waals surface area contributed by atoms with Crippen LogP contribution in [0.4, 0.5) is 0 Å². The van der Waals surface area contributed by atoms with Crippen molar-refractivity contribution in [2.24, 2.45) is 0 Å². The number of rotatable bonds is 3. The SMILES string of the molecule is COP(OC)c1ccccc1Br. The van der Waals surface area contributed by atoms with Gasteiger partial charge in [0, 0.05) is 24.0 Å². The third-order valence-corrected chi connectivity index (χ3v) is 3.83. The first-order valence-corrected chi connectivity index (χ1v) is 5.39. The number of halogens is 1. The molecule has 0 radical (unpaired) electrons. The van der Waals surface area contributed by atoms with Gasteiger partial charge in [0.2, 0.25) is 8.38 Å². The van der Waals surface area contributed by atoms with Crippen LogP contribution in [0.25, 0.3) is 0 Å². The van der Waals surface area contributed by atoms with Crippen LogP contribution in [0.1, 0.15) is 0 Å². The van der Waals surface area contributed by atoms with E-state index in [0.717, 1.165) is 9.78 Å². The van der Waals surface area contributed by atoms with Crippen LogP contribution >= 0.6 is 24.3 Å². The summed E-state index contributed by atoms with van der Waals surface area (Å²) < 4.78 is 11.4. The van der Waals surface area contributed by atoms with Gasteiger partial charge in [-0.2, -0.15) is 0 Å². The highest BCUT2D eigenvalue weighted by molar-refractivity contribution is 9.10. The normalized spacial score (nSPS) is 10.7. The molecule has 0 aliphatic rings. The lowest BCUT2D eigenvalue weighted by atomic mass is 10.4. The molecule has 0 saturated carbocycles. The first-order chi connectivity index (χ1) is 5.79. The van der Waals surface area contributed by atoms with E-state index >= 15 is 0 Å². The van der Waals surface area contributed by atoms with Crippen molar-refractivity contribution in [2.45, 2.75) is 0 Å². The predicted molar refractivity (Wildman–Crippen MR) is 54.7 cm³/mol. The minimum Gasteiger partial charge on any atom is -0.334 e. The second-order valence-electron chi connectivity index (χ2n) is 2.07. The van der Waals surface area contributed by atoms with Gasteiger partial charge in [0.05, 0.1) is 0 Å². The van der Waals surface area contributed by atoms with Crippen LogP contribution in [0.5, 0.6) is 0 Å². The van der Waals surface area contributed by atoms with Crippen LogP contribution in [0.15, 0.2) is 28.7 Å². The first-order valence-electron chi connectivity index (χ1n) is 3.42. The van der Waals surface area contributed by atoms with E-state index in [1.165, 1.54) is 0 Å². The molecule has 12 heavy (non-hydrogen) atoms. The van der Waals surface area contributed by atoms with Gasteiger partial charge in [-0.25, -0.2) is 0 Å². The van der Waals surface area contributed by atoms with Gasteiger partial charge < -0.3 is 9.05 Å². The lowest BCUT2D eigenvalue weighted by molar-refractivity contribution is 0.350. The van der Waals surface area contributed by atoms with E-state index in [9.17, 15) is 0 Å². The molecule has 66 valence electrons. The summed E-state index contributed by atoms with van der Waals surface area (Å²) in [6.07, 6.45) is 0. The summed E-state index contributed by atoms with van der Waals surface area (Å²) in [5.74, 6) is 0. The molecule has 0 aliphatic carbocycles. The second-order valence-corrected chi connectivity index (χ2v) is 4.65. The molecule has 0 amide bonds. The Kier molecular flexibility index (Phi) is 4.16. The highest BCUT2D eigenvalue weighted by Gasteiger charge is 2.12. The summed E-state index contributed by atoms with van der Waals surface area (Å²) in [6.45, 7) is 0. The zero-order valence-electron chi connectivity index (χ0n) is 6.95. The first kappa shape index (κ1) is 10.1. The Morgan fingerprint density at radius 2 is 1.75 bits per heavy atom. The Labute approximate surface area is 81.9 Å². The van der Waals surface area contributed by atoms with Crippen LogP contribution in [0.3, 0.4) is 0 Å². The van der Waals surface area contributed by atoms with Gasteiger partial charge in [0.15, 0.2) is 0 Å². The largest absolute Gasteiger partial charge is 0.334 e. The highest BCUT2D eigenvalue weighted by Crippen LogP contribution is 2.37. The molecule has 4 heteroatoms. The Balaban J connectivity index is 2.92. The van der Waals surface area contributed by atoms with Crippen molar-refractivity contribution in [3.63, 3.8) is 0 Å². The molecule has 0 aromatic heterocycles. The summed E-state index contributed by atoms with van der Waals surface area (Å²) in [5, 5.41) is 1.07. The van der Waals surface area contributed by atoms with Gasteiger partial charge in [0.25, 0.3) is 0 Å². The fourth-order valence-electron chi connectivity index (χ4n) is 0.871. The molecule has 0 bridgehead atoms. The fraction of sp³-hybridized carbons (Fsp3) is 0.250. The Bertz CT molecular complexity index is 251. The van der Waals surface area contributed by atoms with E-state index in [2.05, 4.69) is 15.9 Å². The monoisotopic (exact) mass is 248 g/mol. The van der Waals surface area contributed by atoms with Gasteiger partial charge in [0.1, 0.15) is 0 Å². The predicted octanol–water partition coefficient (Wildman–Crippen LogP) is 2.68. The molecule has 0 fully saturated rings. The molecular weight excluding hydrogens is 239 g/mol. The molecule has 0 aliphatic heterocycles. The Morgan fingerprint density at radius 3 is 2.25 bits per heavy atom. The van der Waals surface area contributed by atoms with Crippen LogP contribution in [0, 0.1) is 0 Å². The summed E-state index contributed by atoms with van der Waals surface area (Å²) in [4.78, 5) is 0. The molecule has 0 saturated heterocycles. The maximum absolute atomic E-state index is 5.18. The van der Waals surface area contributed by atoms with Gasteiger partial charge in [-0.05, 0) is 28.1 Å². The maximum Gasteiger partial charge on any atom is 0.205 e. The van der Waals surface area contributed by atoms with Crippen LogP contribution in [0.2, 0.25) is 0 Å². The summed E-state index contributed by atoms with van der Waals surface area (Å²) >= 11 is 3.43. The van der Waals surface area contributed by atoms with Crippen LogP contribution < -0.4 is 5.30 Å². The minimum absolute atomic E-state index is 0.919. The minimum atomic E-state index is -0.919. The van der Waals surface area contributed by atoms with E-state index in [0.29, 0.717) is 0 Å². The average Bonchev–Trinajstić information content (AvgIpc) is 2.10. The highest BCUT2D eigenvalue weighted by atomic mass is 79.9. The van der Waals surface area contributed by atoms with E-state index in [1.807, 2.05) is 24.3 Å². The standard InChI is InChI=1S/C8H10BrO2P/c1-10-12(11-2)8-6-4-3-5-7(8)9/h3-6H,1-2H3. The van der Waals surface area contributed by atoms with E-state index in [4.69, 9.17) is 9.05 Å². The fourth-order valence-corrected chi connectivity index (χ4v) is 2.59. The van der Waals surface area contributed by atoms with Crippen molar-refractivity contribution >= 4 is 29.6 Å². The topological polar surface area (TPSA) is 18.5 Å². The molecule has 0 atom stereocenters. The van der Waals surface area contributed by atoms with Gasteiger partial charge >= 0.3 is 0 Å².